The van der Waals surface area contributed by atoms with Crippen LogP contribution in [0.5, 0.6) is 0 Å². The smallest absolute Gasteiger partial charge is 0.410 e. The third-order valence-corrected chi connectivity index (χ3v) is 4.80. The molecule has 0 radical (unpaired) electrons. The van der Waals surface area contributed by atoms with Crippen LogP contribution in [0.1, 0.15) is 33.6 Å². The summed E-state index contributed by atoms with van der Waals surface area (Å²) in [6.07, 6.45) is 1.85. The maximum Gasteiger partial charge on any atom is 0.410 e. The van der Waals surface area contributed by atoms with Crippen LogP contribution in [-0.4, -0.2) is 44.9 Å². The Hall–Kier alpha value is -1.69. The van der Waals surface area contributed by atoms with Crippen LogP contribution in [0.15, 0.2) is 29.4 Å². The molecule has 1 fully saturated rings. The summed E-state index contributed by atoms with van der Waals surface area (Å²) in [5.74, 6) is 0.832. The van der Waals surface area contributed by atoms with Crippen LogP contribution in [0.2, 0.25) is 0 Å². The molecular weight excluding hydrogens is 310 g/mol. The number of fused-ring (bicyclic) bond motifs is 1. The monoisotopic (exact) mass is 333 g/mol. The van der Waals surface area contributed by atoms with Crippen molar-refractivity contribution in [3.05, 3.63) is 24.3 Å². The second kappa shape index (κ2) is 6.43. The maximum absolute atomic E-state index is 12.3. The lowest BCUT2D eigenvalue weighted by molar-refractivity contribution is 0.0242. The van der Waals surface area contributed by atoms with Crippen molar-refractivity contribution in [3.8, 4) is 0 Å². The maximum atomic E-state index is 12.3. The number of rotatable bonds is 3. The van der Waals surface area contributed by atoms with Crippen LogP contribution >= 0.6 is 11.8 Å². The van der Waals surface area contributed by atoms with Gasteiger partial charge in [-0.1, -0.05) is 23.9 Å². The molecule has 0 saturated carbocycles. The molecule has 0 bridgehead atoms. The molecule has 1 aromatic carbocycles. The highest BCUT2D eigenvalue weighted by Crippen LogP contribution is 2.27. The quantitative estimate of drug-likeness (QED) is 0.861. The van der Waals surface area contributed by atoms with Crippen LogP contribution in [0, 0.1) is 0 Å². The van der Waals surface area contributed by atoms with E-state index in [4.69, 9.17) is 4.74 Å². The Bertz CT molecular complexity index is 659. The second-order valence-electron chi connectivity index (χ2n) is 6.84. The van der Waals surface area contributed by atoms with Gasteiger partial charge in [0.2, 0.25) is 0 Å². The van der Waals surface area contributed by atoms with E-state index in [1.54, 1.807) is 11.8 Å². The first-order valence-corrected chi connectivity index (χ1v) is 8.98. The van der Waals surface area contributed by atoms with Gasteiger partial charge >= 0.3 is 6.09 Å². The number of thioether (sulfide) groups is 1. The second-order valence-corrected chi connectivity index (χ2v) is 7.85. The molecule has 6 heteroatoms. The van der Waals surface area contributed by atoms with Crippen molar-refractivity contribution in [2.75, 3.05) is 12.3 Å². The molecule has 0 aliphatic carbocycles. The summed E-state index contributed by atoms with van der Waals surface area (Å²) in [5.41, 5.74) is 1.58. The number of amides is 1. The van der Waals surface area contributed by atoms with E-state index in [-0.39, 0.29) is 12.1 Å². The highest BCUT2D eigenvalue weighted by molar-refractivity contribution is 7.99. The largest absolute Gasteiger partial charge is 0.444 e. The van der Waals surface area contributed by atoms with E-state index in [1.165, 1.54) is 0 Å². The van der Waals surface area contributed by atoms with Crippen molar-refractivity contribution in [2.24, 2.45) is 0 Å². The minimum atomic E-state index is -0.448. The van der Waals surface area contributed by atoms with Gasteiger partial charge in [-0.05, 0) is 45.7 Å². The van der Waals surface area contributed by atoms with E-state index in [1.807, 2.05) is 49.9 Å². The van der Waals surface area contributed by atoms with E-state index >= 15 is 0 Å². The number of aromatic nitrogens is 2. The van der Waals surface area contributed by atoms with E-state index in [9.17, 15) is 4.79 Å². The summed E-state index contributed by atoms with van der Waals surface area (Å²) in [6.45, 7) is 6.48. The minimum Gasteiger partial charge on any atom is -0.444 e. The van der Waals surface area contributed by atoms with E-state index in [2.05, 4.69) is 9.97 Å². The molecule has 1 atom stereocenters. The van der Waals surface area contributed by atoms with Gasteiger partial charge in [-0.25, -0.2) is 9.78 Å². The fourth-order valence-electron chi connectivity index (χ4n) is 2.74. The molecule has 5 nitrogen and oxygen atoms in total. The fourth-order valence-corrected chi connectivity index (χ4v) is 3.78. The number of likely N-dealkylation sites (tertiary alicyclic amines) is 1. The number of aromatic amines is 1. The van der Waals surface area contributed by atoms with Crippen LogP contribution in [0.3, 0.4) is 0 Å². The van der Waals surface area contributed by atoms with Gasteiger partial charge in [-0.15, -0.1) is 0 Å². The molecule has 3 rings (SSSR count). The molecule has 1 aliphatic rings. The van der Waals surface area contributed by atoms with Crippen molar-refractivity contribution in [1.29, 1.82) is 0 Å². The Balaban J connectivity index is 1.61. The van der Waals surface area contributed by atoms with Crippen LogP contribution in [0.4, 0.5) is 4.79 Å². The molecule has 0 spiro atoms. The van der Waals surface area contributed by atoms with E-state index in [0.29, 0.717) is 0 Å². The number of benzene rings is 1. The summed E-state index contributed by atoms with van der Waals surface area (Å²) >= 11 is 1.67. The van der Waals surface area contributed by atoms with Gasteiger partial charge in [0.05, 0.1) is 11.0 Å². The van der Waals surface area contributed by atoms with E-state index < -0.39 is 5.60 Å². The third-order valence-electron chi connectivity index (χ3n) is 3.79. The SMILES string of the molecule is CC(C)(C)OC(=O)N1CCCC1CSc1nc2ccccc2[nH]1. The molecule has 1 saturated heterocycles. The van der Waals surface area contributed by atoms with Gasteiger partial charge in [0.1, 0.15) is 5.60 Å². The Morgan fingerprint density at radius 2 is 2.22 bits per heavy atom. The summed E-state index contributed by atoms with van der Waals surface area (Å²) in [7, 11) is 0. The number of ether oxygens (including phenoxy) is 1. The number of nitrogens with zero attached hydrogens (tertiary/aromatic N) is 2. The zero-order chi connectivity index (χ0) is 16.4. The van der Waals surface area contributed by atoms with Crippen LogP contribution < -0.4 is 0 Å². The lowest BCUT2D eigenvalue weighted by Gasteiger charge is -2.28. The third kappa shape index (κ3) is 3.99. The van der Waals surface area contributed by atoms with E-state index in [0.717, 1.165) is 41.3 Å². The average Bonchev–Trinajstić information content (AvgIpc) is 3.09. The molecular formula is C17H23N3O2S. The summed E-state index contributed by atoms with van der Waals surface area (Å²) in [5, 5.41) is 0.905. The lowest BCUT2D eigenvalue weighted by atomic mass is 10.2. The lowest BCUT2D eigenvalue weighted by Crippen LogP contribution is -2.40. The topological polar surface area (TPSA) is 58.2 Å². The Kier molecular flexibility index (Phi) is 4.53. The highest BCUT2D eigenvalue weighted by atomic mass is 32.2. The molecule has 1 aliphatic heterocycles. The first-order valence-electron chi connectivity index (χ1n) is 7.99. The Morgan fingerprint density at radius 1 is 1.43 bits per heavy atom. The van der Waals surface area contributed by atoms with Crippen LogP contribution in [0.25, 0.3) is 11.0 Å². The number of nitrogens with one attached hydrogen (secondary N) is 1. The number of imidazole rings is 1. The summed E-state index contributed by atoms with van der Waals surface area (Å²) in [4.78, 5) is 22.1. The van der Waals surface area contributed by atoms with Gasteiger partial charge in [0.25, 0.3) is 0 Å². The molecule has 2 heterocycles. The van der Waals surface area contributed by atoms with Gasteiger partial charge < -0.3 is 14.6 Å². The predicted octanol–water partition coefficient (Wildman–Crippen LogP) is 4.05. The number of carbonyl (C=O) groups excluding carboxylic acids is 1. The summed E-state index contributed by atoms with van der Waals surface area (Å²) in [6, 6.07) is 8.21. The summed E-state index contributed by atoms with van der Waals surface area (Å²) < 4.78 is 5.51. The normalized spacial score (nSPS) is 18.6. The number of H-pyrrole nitrogens is 1. The van der Waals surface area contributed by atoms with Crippen molar-refractivity contribution < 1.29 is 9.53 Å². The van der Waals surface area contributed by atoms with Crippen molar-refractivity contribution >= 4 is 28.9 Å². The molecule has 2 aromatic rings. The van der Waals surface area contributed by atoms with Crippen molar-refractivity contribution in [2.45, 2.75) is 50.4 Å². The standard InChI is InChI=1S/C17H23N3O2S/c1-17(2,3)22-16(21)20-10-6-7-12(20)11-23-15-18-13-8-4-5-9-14(13)19-15/h4-5,8-9,12H,6-7,10-11H2,1-3H3,(H,18,19). The average molecular weight is 333 g/mol. The predicted molar refractivity (Wildman–Crippen MR) is 92.8 cm³/mol. The molecule has 124 valence electrons. The Labute approximate surface area is 140 Å². The molecule has 1 aromatic heterocycles. The number of para-hydroxylation sites is 2. The zero-order valence-corrected chi connectivity index (χ0v) is 14.7. The Morgan fingerprint density at radius 3 is 2.96 bits per heavy atom. The van der Waals surface area contributed by atoms with Crippen molar-refractivity contribution in [1.82, 2.24) is 14.9 Å². The zero-order valence-electron chi connectivity index (χ0n) is 13.8. The number of hydrogen-bond acceptors (Lipinski definition) is 4. The molecule has 1 unspecified atom stereocenters. The van der Waals surface area contributed by atoms with Gasteiger partial charge in [0, 0.05) is 18.3 Å². The highest BCUT2D eigenvalue weighted by Gasteiger charge is 2.32. The first-order chi connectivity index (χ1) is 10.9. The number of hydrogen-bond donors (Lipinski definition) is 1. The molecule has 23 heavy (non-hydrogen) atoms. The minimum absolute atomic E-state index is 0.204. The van der Waals surface area contributed by atoms with Gasteiger partial charge in [0.15, 0.2) is 5.16 Å². The van der Waals surface area contributed by atoms with Crippen molar-refractivity contribution in [3.63, 3.8) is 0 Å². The molecule has 1 N–H and O–H groups in total. The van der Waals surface area contributed by atoms with Crippen LogP contribution in [-0.2, 0) is 4.74 Å². The van der Waals surface area contributed by atoms with Gasteiger partial charge in [-0.3, -0.25) is 0 Å². The number of carbonyl (C=O) groups is 1. The first kappa shape index (κ1) is 16.2. The fraction of sp³-hybridized carbons (Fsp3) is 0.529. The van der Waals surface area contributed by atoms with Gasteiger partial charge in [-0.2, -0.15) is 0 Å². The molecule has 1 amide bonds.